The van der Waals surface area contributed by atoms with Gasteiger partial charge in [0.05, 0.1) is 25.6 Å². The lowest BCUT2D eigenvalue weighted by molar-refractivity contribution is 0.0280. The van der Waals surface area contributed by atoms with Crippen LogP contribution >= 0.6 is 0 Å². The Morgan fingerprint density at radius 3 is 2.90 bits per heavy atom. The molecule has 3 saturated heterocycles. The topological polar surface area (TPSA) is 55.5 Å². The van der Waals surface area contributed by atoms with Gasteiger partial charge in [0.15, 0.2) is 0 Å². The maximum atomic E-state index is 5.55. The molecule has 6 rings (SSSR count). The molecule has 1 unspecified atom stereocenters. The molecule has 2 bridgehead atoms. The van der Waals surface area contributed by atoms with Gasteiger partial charge in [0.25, 0.3) is 0 Å². The highest BCUT2D eigenvalue weighted by molar-refractivity contribution is 5.67. The predicted octanol–water partition coefficient (Wildman–Crippen LogP) is 3.66. The number of benzene rings is 1. The Bertz CT molecular complexity index is 981. The average molecular weight is 407 g/mol. The van der Waals surface area contributed by atoms with E-state index < -0.39 is 0 Å². The van der Waals surface area contributed by atoms with E-state index in [1.807, 2.05) is 30.3 Å². The molecule has 2 aromatic heterocycles. The fraction of sp³-hybridized carbons (Fsp3) is 0.458. The van der Waals surface area contributed by atoms with Crippen LogP contribution in [0.4, 0.5) is 0 Å². The molecule has 0 amide bonds. The molecule has 1 aromatic carbocycles. The number of nitrogens with zero attached hydrogens (tertiary/aromatic N) is 3. The number of furan rings is 1. The first-order valence-electron chi connectivity index (χ1n) is 10.9. The van der Waals surface area contributed by atoms with Gasteiger partial charge in [-0.3, -0.25) is 9.58 Å². The van der Waals surface area contributed by atoms with Crippen molar-refractivity contribution in [2.45, 2.75) is 31.3 Å². The van der Waals surface area contributed by atoms with E-state index in [4.69, 9.17) is 14.3 Å². The Morgan fingerprint density at radius 1 is 1.23 bits per heavy atom. The summed E-state index contributed by atoms with van der Waals surface area (Å²) in [7, 11) is 3.80. The molecule has 0 aliphatic carbocycles. The number of para-hydroxylation sites is 1. The van der Waals surface area contributed by atoms with Gasteiger partial charge < -0.3 is 14.5 Å². The quantitative estimate of drug-likeness (QED) is 0.649. The second-order valence-corrected chi connectivity index (χ2v) is 8.53. The van der Waals surface area contributed by atoms with Crippen molar-refractivity contribution in [3.63, 3.8) is 0 Å². The summed E-state index contributed by atoms with van der Waals surface area (Å²) in [5.41, 5.74) is 3.40. The molecule has 0 radical (unpaired) electrons. The number of methoxy groups -OCH3 is 1. The third kappa shape index (κ3) is 3.66. The number of rotatable bonds is 7. The largest absolute Gasteiger partial charge is 0.496 e. The first-order chi connectivity index (χ1) is 14.7. The van der Waals surface area contributed by atoms with Crippen LogP contribution in [0.1, 0.15) is 30.2 Å². The van der Waals surface area contributed by atoms with Crippen LogP contribution in [0.15, 0.2) is 53.1 Å². The highest BCUT2D eigenvalue weighted by Gasteiger charge is 2.41. The molecule has 1 N–H and O–H groups in total. The fourth-order valence-corrected chi connectivity index (χ4v) is 5.28. The minimum absolute atomic E-state index is 0.543. The van der Waals surface area contributed by atoms with E-state index in [0.717, 1.165) is 42.4 Å². The Morgan fingerprint density at radius 2 is 2.13 bits per heavy atom. The third-order valence-corrected chi connectivity index (χ3v) is 6.82. The molecule has 6 nitrogen and oxygen atoms in total. The lowest BCUT2D eigenvalue weighted by Gasteiger charge is -2.50. The van der Waals surface area contributed by atoms with E-state index in [9.17, 15) is 0 Å². The van der Waals surface area contributed by atoms with Crippen molar-refractivity contribution < 1.29 is 9.15 Å². The molecule has 0 spiro atoms. The van der Waals surface area contributed by atoms with E-state index >= 15 is 0 Å². The predicted molar refractivity (Wildman–Crippen MR) is 116 cm³/mol. The Kier molecular flexibility index (Phi) is 5.35. The number of fused-ring (bicyclic) bond motifs is 3. The number of hydrogen-bond donors (Lipinski definition) is 1. The zero-order valence-corrected chi connectivity index (χ0v) is 17.8. The fourth-order valence-electron chi connectivity index (χ4n) is 5.28. The number of nitrogens with one attached hydrogen (secondary N) is 1. The lowest BCUT2D eigenvalue weighted by atomic mass is 9.74. The van der Waals surface area contributed by atoms with Gasteiger partial charge in [0.2, 0.25) is 0 Å². The van der Waals surface area contributed by atoms with Crippen molar-refractivity contribution in [2.24, 2.45) is 13.0 Å². The maximum Gasteiger partial charge on any atom is 0.128 e. The number of aryl methyl sites for hydroxylation is 1. The van der Waals surface area contributed by atoms with Crippen molar-refractivity contribution in [3.05, 3.63) is 60.2 Å². The van der Waals surface area contributed by atoms with Crippen LogP contribution in [0.5, 0.6) is 5.75 Å². The summed E-state index contributed by atoms with van der Waals surface area (Å²) in [5, 5.41) is 8.42. The monoisotopic (exact) mass is 406 g/mol. The molecule has 158 valence electrons. The first-order valence-corrected chi connectivity index (χ1v) is 10.9. The minimum Gasteiger partial charge on any atom is -0.496 e. The number of aromatic nitrogens is 2. The van der Waals surface area contributed by atoms with Crippen molar-refractivity contribution in [1.29, 1.82) is 0 Å². The standard InChI is InChI=1S/C24H30N4O2/c1-27-23(13-22(26-27)20-7-3-4-8-24(20)29-2)21-16-28-10-9-17(21)12-18(28)14-25-15-19-6-5-11-30-19/h3-8,11,13,17-18,21,25H,9-10,12,14-16H2,1-2H3/t17-,18+,21+/m0/s1. The van der Waals surface area contributed by atoms with E-state index in [1.54, 1.807) is 13.4 Å². The van der Waals surface area contributed by atoms with Gasteiger partial charge in [0.1, 0.15) is 11.5 Å². The summed E-state index contributed by atoms with van der Waals surface area (Å²) in [4.78, 5) is 2.66. The number of hydrogen-bond acceptors (Lipinski definition) is 5. The Hall–Kier alpha value is -2.57. The van der Waals surface area contributed by atoms with Gasteiger partial charge in [0, 0.05) is 43.4 Å². The maximum absolute atomic E-state index is 5.55. The van der Waals surface area contributed by atoms with Crippen molar-refractivity contribution in [2.75, 3.05) is 26.7 Å². The normalized spacial score (nSPS) is 25.5. The summed E-state index contributed by atoms with van der Waals surface area (Å²) in [6, 6.07) is 15.0. The van der Waals surface area contributed by atoms with Gasteiger partial charge in [-0.2, -0.15) is 5.10 Å². The summed E-state index contributed by atoms with van der Waals surface area (Å²) in [5.74, 6) is 3.13. The van der Waals surface area contributed by atoms with Crippen molar-refractivity contribution >= 4 is 0 Å². The van der Waals surface area contributed by atoms with Gasteiger partial charge >= 0.3 is 0 Å². The third-order valence-electron chi connectivity index (χ3n) is 6.82. The van der Waals surface area contributed by atoms with E-state index in [2.05, 4.69) is 34.1 Å². The zero-order valence-electron chi connectivity index (χ0n) is 17.8. The zero-order chi connectivity index (χ0) is 20.5. The van der Waals surface area contributed by atoms with E-state index in [-0.39, 0.29) is 0 Å². The van der Waals surface area contributed by atoms with Crippen LogP contribution < -0.4 is 10.1 Å². The number of piperidine rings is 3. The van der Waals surface area contributed by atoms with Crippen LogP contribution in [0.25, 0.3) is 11.3 Å². The molecule has 0 saturated carbocycles. The van der Waals surface area contributed by atoms with Crippen LogP contribution in [0.2, 0.25) is 0 Å². The molecular formula is C24H30N4O2. The molecular weight excluding hydrogens is 376 g/mol. The molecule has 4 atom stereocenters. The molecule has 30 heavy (non-hydrogen) atoms. The smallest absolute Gasteiger partial charge is 0.128 e. The molecule has 3 aliphatic rings. The van der Waals surface area contributed by atoms with Crippen LogP contribution in [-0.4, -0.2) is 47.5 Å². The summed E-state index contributed by atoms with van der Waals surface area (Å²) < 4.78 is 13.1. The van der Waals surface area contributed by atoms with Crippen molar-refractivity contribution in [1.82, 2.24) is 20.0 Å². The molecule has 3 aromatic rings. The summed E-state index contributed by atoms with van der Waals surface area (Å²) >= 11 is 0. The second kappa shape index (κ2) is 8.28. The highest BCUT2D eigenvalue weighted by atomic mass is 16.5. The average Bonchev–Trinajstić information content (AvgIpc) is 3.44. The van der Waals surface area contributed by atoms with Crippen LogP contribution in [0, 0.1) is 5.92 Å². The molecule has 5 heterocycles. The first kappa shape index (κ1) is 19.4. The molecule has 3 fully saturated rings. The SMILES string of the molecule is COc1ccccc1-c1cc([C@@H]2CN3CC[C@H]2C[C@@H]3CNCc2ccco2)n(C)n1. The summed E-state index contributed by atoms with van der Waals surface area (Å²) in [6.45, 7) is 4.13. The van der Waals surface area contributed by atoms with Gasteiger partial charge in [-0.15, -0.1) is 0 Å². The highest BCUT2D eigenvalue weighted by Crippen LogP contribution is 2.42. The molecule has 3 aliphatic heterocycles. The summed E-state index contributed by atoms with van der Waals surface area (Å²) in [6.07, 6.45) is 4.25. The Balaban J connectivity index is 1.28. The Labute approximate surface area is 177 Å². The van der Waals surface area contributed by atoms with Crippen LogP contribution in [0.3, 0.4) is 0 Å². The van der Waals surface area contributed by atoms with Gasteiger partial charge in [-0.1, -0.05) is 12.1 Å². The number of ether oxygens (including phenoxy) is 1. The molecule has 6 heteroatoms. The second-order valence-electron chi connectivity index (χ2n) is 8.53. The van der Waals surface area contributed by atoms with E-state index in [1.165, 1.54) is 25.1 Å². The minimum atomic E-state index is 0.543. The van der Waals surface area contributed by atoms with Gasteiger partial charge in [-0.25, -0.2) is 0 Å². The van der Waals surface area contributed by atoms with E-state index in [0.29, 0.717) is 17.9 Å². The lowest BCUT2D eigenvalue weighted by Crippen LogP contribution is -2.55. The van der Waals surface area contributed by atoms with Crippen LogP contribution in [-0.2, 0) is 13.6 Å². The van der Waals surface area contributed by atoms with Crippen molar-refractivity contribution in [3.8, 4) is 17.0 Å². The van der Waals surface area contributed by atoms with Gasteiger partial charge in [-0.05, 0) is 55.6 Å².